The van der Waals surface area contributed by atoms with Crippen molar-refractivity contribution in [3.05, 3.63) is 64.7 Å². The van der Waals surface area contributed by atoms with Crippen LogP contribution in [-0.4, -0.2) is 26.6 Å². The highest BCUT2D eigenvalue weighted by molar-refractivity contribution is 7.92. The quantitative estimate of drug-likeness (QED) is 0.866. The molecule has 0 saturated carbocycles. The predicted molar refractivity (Wildman–Crippen MR) is 99.2 cm³/mol. The molecule has 1 aliphatic heterocycles. The highest BCUT2D eigenvalue weighted by Crippen LogP contribution is 2.34. The summed E-state index contributed by atoms with van der Waals surface area (Å²) < 4.78 is 52.2. The number of benzene rings is 2. The number of hydrogen-bond donors (Lipinski definition) is 1. The largest absolute Gasteiger partial charge is 0.345 e. The van der Waals surface area contributed by atoms with Crippen molar-refractivity contribution in [2.45, 2.75) is 32.4 Å². The van der Waals surface area contributed by atoms with Gasteiger partial charge in [0, 0.05) is 23.2 Å². The van der Waals surface area contributed by atoms with E-state index in [9.17, 15) is 22.0 Å². The van der Waals surface area contributed by atoms with E-state index < -0.39 is 33.6 Å². The van der Waals surface area contributed by atoms with Crippen LogP contribution in [0.3, 0.4) is 0 Å². The lowest BCUT2D eigenvalue weighted by Crippen LogP contribution is -2.34. The number of fused-ring (bicyclic) bond motifs is 1. The van der Waals surface area contributed by atoms with Crippen LogP contribution in [0.1, 0.15) is 41.4 Å². The van der Waals surface area contributed by atoms with E-state index in [0.717, 1.165) is 24.0 Å². The van der Waals surface area contributed by atoms with Gasteiger partial charge in [0.1, 0.15) is 11.6 Å². The number of carbonyl (C=O) groups is 1. The van der Waals surface area contributed by atoms with Crippen molar-refractivity contribution in [3.63, 3.8) is 0 Å². The standard InChI is InChI=1S/C19H20F2N2O3S/c1-11-8-14-9-13(4-7-18(14)23(11)27(3,25)26)19(24)22-12(2)16-6-5-15(20)10-17(16)21/h4-7,9-12H,8H2,1-3H3,(H,22,24)/t11-,12+/m0/s1. The van der Waals surface area contributed by atoms with Crippen LogP contribution >= 0.6 is 0 Å². The maximum absolute atomic E-state index is 13.9. The van der Waals surface area contributed by atoms with E-state index >= 15 is 0 Å². The van der Waals surface area contributed by atoms with Crippen molar-refractivity contribution in [2.75, 3.05) is 10.6 Å². The van der Waals surface area contributed by atoms with Gasteiger partial charge in [-0.2, -0.15) is 0 Å². The monoisotopic (exact) mass is 394 g/mol. The van der Waals surface area contributed by atoms with Crippen LogP contribution < -0.4 is 9.62 Å². The van der Waals surface area contributed by atoms with E-state index in [4.69, 9.17) is 0 Å². The summed E-state index contributed by atoms with van der Waals surface area (Å²) in [6.45, 7) is 3.41. The van der Waals surface area contributed by atoms with Crippen molar-refractivity contribution < 1.29 is 22.0 Å². The molecule has 1 amide bonds. The van der Waals surface area contributed by atoms with Crippen molar-refractivity contribution in [2.24, 2.45) is 0 Å². The minimum atomic E-state index is -3.40. The van der Waals surface area contributed by atoms with Gasteiger partial charge in [0.15, 0.2) is 0 Å². The third-order valence-electron chi connectivity index (χ3n) is 4.63. The van der Waals surface area contributed by atoms with E-state index in [2.05, 4.69) is 5.32 Å². The summed E-state index contributed by atoms with van der Waals surface area (Å²) in [5.41, 5.74) is 1.87. The zero-order valence-electron chi connectivity index (χ0n) is 15.2. The second-order valence-electron chi connectivity index (χ2n) is 6.82. The first-order chi connectivity index (χ1) is 12.6. The number of nitrogens with zero attached hydrogens (tertiary/aromatic N) is 1. The molecule has 5 nitrogen and oxygen atoms in total. The predicted octanol–water partition coefficient (Wildman–Crippen LogP) is 3.17. The Kier molecular flexibility index (Phi) is 4.94. The molecule has 3 rings (SSSR count). The summed E-state index contributed by atoms with van der Waals surface area (Å²) in [4.78, 5) is 12.5. The minimum Gasteiger partial charge on any atom is -0.345 e. The van der Waals surface area contributed by atoms with Crippen LogP contribution in [0.2, 0.25) is 0 Å². The van der Waals surface area contributed by atoms with Crippen molar-refractivity contribution in [3.8, 4) is 0 Å². The molecule has 2 atom stereocenters. The summed E-state index contributed by atoms with van der Waals surface area (Å²) in [6, 6.07) is 7.13. The lowest BCUT2D eigenvalue weighted by atomic mass is 10.0. The van der Waals surface area contributed by atoms with Crippen molar-refractivity contribution in [1.29, 1.82) is 0 Å². The normalized spacial score (nSPS) is 17.5. The van der Waals surface area contributed by atoms with Gasteiger partial charge >= 0.3 is 0 Å². The van der Waals surface area contributed by atoms with Gasteiger partial charge in [0.25, 0.3) is 5.91 Å². The van der Waals surface area contributed by atoms with E-state index in [1.165, 1.54) is 16.4 Å². The van der Waals surface area contributed by atoms with Gasteiger partial charge in [-0.3, -0.25) is 9.10 Å². The molecule has 0 radical (unpaired) electrons. The third kappa shape index (κ3) is 3.80. The molecule has 0 aliphatic carbocycles. The highest BCUT2D eigenvalue weighted by atomic mass is 32.2. The van der Waals surface area contributed by atoms with Gasteiger partial charge in [0.2, 0.25) is 10.0 Å². The summed E-state index contributed by atoms with van der Waals surface area (Å²) in [5.74, 6) is -1.83. The zero-order chi connectivity index (χ0) is 19.9. The zero-order valence-corrected chi connectivity index (χ0v) is 16.0. The fourth-order valence-electron chi connectivity index (χ4n) is 3.46. The summed E-state index contributed by atoms with van der Waals surface area (Å²) in [5, 5.41) is 2.68. The third-order valence-corrected chi connectivity index (χ3v) is 5.90. The van der Waals surface area contributed by atoms with Crippen LogP contribution in [0, 0.1) is 11.6 Å². The second-order valence-corrected chi connectivity index (χ2v) is 8.68. The van der Waals surface area contributed by atoms with Crippen LogP contribution in [0.15, 0.2) is 36.4 Å². The van der Waals surface area contributed by atoms with Crippen LogP contribution in [0.25, 0.3) is 0 Å². The van der Waals surface area contributed by atoms with Crippen LogP contribution in [0.4, 0.5) is 14.5 Å². The average Bonchev–Trinajstić information content (AvgIpc) is 2.89. The Bertz CT molecular complexity index is 1010. The van der Waals surface area contributed by atoms with Gasteiger partial charge in [-0.25, -0.2) is 17.2 Å². The summed E-state index contributed by atoms with van der Waals surface area (Å²) >= 11 is 0. The van der Waals surface area contributed by atoms with E-state index in [1.54, 1.807) is 26.0 Å². The first-order valence-corrected chi connectivity index (χ1v) is 10.3. The summed E-state index contributed by atoms with van der Waals surface area (Å²) in [6.07, 6.45) is 1.66. The molecule has 0 saturated heterocycles. The molecule has 0 fully saturated rings. The second kappa shape index (κ2) is 6.92. The Labute approximate surface area is 157 Å². The molecule has 0 unspecified atom stereocenters. The number of carbonyl (C=O) groups excluding carboxylic acids is 1. The molecule has 1 N–H and O–H groups in total. The molecule has 8 heteroatoms. The molecule has 27 heavy (non-hydrogen) atoms. The molecule has 0 aromatic heterocycles. The van der Waals surface area contributed by atoms with Gasteiger partial charge in [-0.15, -0.1) is 0 Å². The number of halogens is 2. The van der Waals surface area contributed by atoms with E-state index in [0.29, 0.717) is 17.7 Å². The average molecular weight is 394 g/mol. The first kappa shape index (κ1) is 19.3. The van der Waals surface area contributed by atoms with Gasteiger partial charge in [-0.05, 0) is 50.1 Å². The highest BCUT2D eigenvalue weighted by Gasteiger charge is 2.32. The van der Waals surface area contributed by atoms with Gasteiger partial charge < -0.3 is 5.32 Å². The lowest BCUT2D eigenvalue weighted by Gasteiger charge is -2.22. The number of rotatable bonds is 4. The summed E-state index contributed by atoms with van der Waals surface area (Å²) in [7, 11) is -3.40. The maximum atomic E-state index is 13.9. The van der Waals surface area contributed by atoms with Gasteiger partial charge in [0.05, 0.1) is 18.0 Å². The molecule has 144 valence electrons. The molecule has 0 bridgehead atoms. The molecular formula is C19H20F2N2O3S. The Morgan fingerprint density at radius 3 is 2.56 bits per heavy atom. The Morgan fingerprint density at radius 2 is 1.93 bits per heavy atom. The fourth-order valence-corrected chi connectivity index (χ4v) is 4.72. The molecule has 1 aliphatic rings. The van der Waals surface area contributed by atoms with Crippen molar-refractivity contribution >= 4 is 21.6 Å². The van der Waals surface area contributed by atoms with E-state index in [-0.39, 0.29) is 11.6 Å². The SMILES string of the molecule is C[C@@H](NC(=O)c1ccc2c(c1)C[C@H](C)N2S(C)(=O)=O)c1ccc(F)cc1F. The fraction of sp³-hybridized carbons (Fsp3) is 0.316. The van der Waals surface area contributed by atoms with Crippen LogP contribution in [-0.2, 0) is 16.4 Å². The number of anilines is 1. The van der Waals surface area contributed by atoms with Gasteiger partial charge in [-0.1, -0.05) is 6.07 Å². The molecular weight excluding hydrogens is 374 g/mol. The molecule has 2 aromatic rings. The number of sulfonamides is 1. The first-order valence-electron chi connectivity index (χ1n) is 8.46. The smallest absolute Gasteiger partial charge is 0.251 e. The maximum Gasteiger partial charge on any atom is 0.251 e. The van der Waals surface area contributed by atoms with Crippen molar-refractivity contribution in [1.82, 2.24) is 5.32 Å². The topological polar surface area (TPSA) is 66.5 Å². The van der Waals surface area contributed by atoms with E-state index in [1.807, 2.05) is 0 Å². The number of nitrogens with one attached hydrogen (secondary N) is 1. The minimum absolute atomic E-state index is 0.183. The lowest BCUT2D eigenvalue weighted by molar-refractivity contribution is 0.0939. The number of amides is 1. The van der Waals surface area contributed by atoms with Crippen LogP contribution in [0.5, 0.6) is 0 Å². The molecule has 0 spiro atoms. The Hall–Kier alpha value is -2.48. The molecule has 1 heterocycles. The Morgan fingerprint density at radius 1 is 1.22 bits per heavy atom. The Balaban J connectivity index is 1.82. The molecule has 2 aromatic carbocycles. The number of hydrogen-bond acceptors (Lipinski definition) is 3.